The molecule has 0 bridgehead atoms. The normalized spacial score (nSPS) is 10.0. The minimum atomic E-state index is -0.586. The summed E-state index contributed by atoms with van der Waals surface area (Å²) >= 11 is 5.81. The maximum Gasteiger partial charge on any atom is 0.319 e. The van der Waals surface area contributed by atoms with Crippen molar-refractivity contribution in [1.82, 2.24) is 5.32 Å². The number of rotatable bonds is 5. The van der Waals surface area contributed by atoms with Crippen molar-refractivity contribution in [1.29, 1.82) is 0 Å². The lowest BCUT2D eigenvalue weighted by molar-refractivity contribution is 0.100. The predicted octanol–water partition coefficient (Wildman–Crippen LogP) is 2.80. The Hall–Kier alpha value is -2.53. The van der Waals surface area contributed by atoms with E-state index in [-0.39, 0.29) is 11.6 Å². The number of urea groups is 1. The van der Waals surface area contributed by atoms with Crippen LogP contribution in [-0.2, 0) is 6.42 Å². The number of nitrogens with one attached hydrogen (secondary N) is 2. The number of carbonyl (C=O) groups excluding carboxylic acids is 2. The zero-order chi connectivity index (χ0) is 15.9. The molecule has 4 N–H and O–H groups in total. The fourth-order valence-corrected chi connectivity index (χ4v) is 2.07. The molecule has 5 nitrogen and oxygen atoms in total. The van der Waals surface area contributed by atoms with Crippen molar-refractivity contribution in [3.8, 4) is 0 Å². The van der Waals surface area contributed by atoms with Gasteiger partial charge in [0.1, 0.15) is 0 Å². The van der Waals surface area contributed by atoms with Crippen LogP contribution in [0.3, 0.4) is 0 Å². The summed E-state index contributed by atoms with van der Waals surface area (Å²) in [6.45, 7) is 0.464. The van der Waals surface area contributed by atoms with Gasteiger partial charge in [-0.3, -0.25) is 4.79 Å². The van der Waals surface area contributed by atoms with Gasteiger partial charge in [-0.05, 0) is 36.2 Å². The maximum absolute atomic E-state index is 11.8. The largest absolute Gasteiger partial charge is 0.366 e. The van der Waals surface area contributed by atoms with E-state index in [1.54, 1.807) is 36.4 Å². The molecule has 0 aliphatic heterocycles. The average molecular weight is 318 g/mol. The fraction of sp³-hybridized carbons (Fsp3) is 0.125. The van der Waals surface area contributed by atoms with Crippen molar-refractivity contribution < 1.29 is 9.59 Å². The maximum atomic E-state index is 11.8. The summed E-state index contributed by atoms with van der Waals surface area (Å²) in [4.78, 5) is 23.1. The second kappa shape index (κ2) is 7.47. The van der Waals surface area contributed by atoms with Crippen molar-refractivity contribution in [3.05, 3.63) is 64.7 Å². The minimum absolute atomic E-state index is 0.273. The Morgan fingerprint density at radius 2 is 1.73 bits per heavy atom. The molecular weight excluding hydrogens is 302 g/mol. The fourth-order valence-electron chi connectivity index (χ4n) is 1.94. The Balaban J connectivity index is 1.86. The third-order valence-corrected chi connectivity index (χ3v) is 3.31. The van der Waals surface area contributed by atoms with E-state index in [1.165, 1.54) is 0 Å². The molecule has 0 saturated carbocycles. The van der Waals surface area contributed by atoms with E-state index in [0.717, 1.165) is 5.56 Å². The first-order valence-corrected chi connectivity index (χ1v) is 7.12. The van der Waals surface area contributed by atoms with Crippen LogP contribution < -0.4 is 16.4 Å². The summed E-state index contributed by atoms with van der Waals surface area (Å²) in [5.41, 5.74) is 6.99. The van der Waals surface area contributed by atoms with E-state index >= 15 is 0 Å². The van der Waals surface area contributed by atoms with E-state index < -0.39 is 5.91 Å². The molecule has 0 atom stereocenters. The summed E-state index contributed by atoms with van der Waals surface area (Å²) in [5.74, 6) is -0.586. The van der Waals surface area contributed by atoms with Crippen molar-refractivity contribution in [2.24, 2.45) is 5.73 Å². The summed E-state index contributed by atoms with van der Waals surface area (Å²) < 4.78 is 0. The minimum Gasteiger partial charge on any atom is -0.366 e. The number of anilines is 1. The van der Waals surface area contributed by atoms with Gasteiger partial charge < -0.3 is 16.4 Å². The van der Waals surface area contributed by atoms with Gasteiger partial charge in [0, 0.05) is 11.6 Å². The van der Waals surface area contributed by atoms with Gasteiger partial charge in [0.15, 0.2) is 0 Å². The highest BCUT2D eigenvalue weighted by Gasteiger charge is 2.09. The molecule has 0 aromatic heterocycles. The molecule has 114 valence electrons. The second-order valence-corrected chi connectivity index (χ2v) is 5.10. The Bertz CT molecular complexity index is 671. The van der Waals surface area contributed by atoms with E-state index in [0.29, 0.717) is 23.7 Å². The molecule has 0 saturated heterocycles. The van der Waals surface area contributed by atoms with Gasteiger partial charge in [-0.2, -0.15) is 0 Å². The SMILES string of the molecule is NC(=O)c1ccccc1NC(=O)NCCc1ccc(Cl)cc1. The lowest BCUT2D eigenvalue weighted by Gasteiger charge is -2.10. The van der Waals surface area contributed by atoms with Crippen LogP contribution in [0, 0.1) is 0 Å². The number of hydrogen-bond donors (Lipinski definition) is 3. The van der Waals surface area contributed by atoms with Gasteiger partial charge in [0.25, 0.3) is 5.91 Å². The lowest BCUT2D eigenvalue weighted by Crippen LogP contribution is -2.31. The van der Waals surface area contributed by atoms with Gasteiger partial charge in [-0.15, -0.1) is 0 Å². The number of amides is 3. The van der Waals surface area contributed by atoms with Crippen LogP contribution in [0.25, 0.3) is 0 Å². The summed E-state index contributed by atoms with van der Waals surface area (Å²) in [6.07, 6.45) is 0.683. The average Bonchev–Trinajstić information content (AvgIpc) is 2.49. The molecule has 0 aliphatic carbocycles. The molecule has 6 heteroatoms. The smallest absolute Gasteiger partial charge is 0.319 e. The molecular formula is C16H16ClN3O2. The van der Waals surface area contributed by atoms with Gasteiger partial charge in [0.2, 0.25) is 0 Å². The summed E-state index contributed by atoms with van der Waals surface area (Å²) in [6, 6.07) is 13.6. The summed E-state index contributed by atoms with van der Waals surface area (Å²) in [7, 11) is 0. The molecule has 3 amide bonds. The Kier molecular flexibility index (Phi) is 5.38. The zero-order valence-corrected chi connectivity index (χ0v) is 12.6. The highest BCUT2D eigenvalue weighted by Crippen LogP contribution is 2.14. The molecule has 0 radical (unpaired) electrons. The molecule has 0 fully saturated rings. The van der Waals surface area contributed by atoms with Crippen LogP contribution in [0.1, 0.15) is 15.9 Å². The van der Waals surface area contributed by atoms with E-state index in [9.17, 15) is 9.59 Å². The van der Waals surface area contributed by atoms with Crippen molar-refractivity contribution in [2.45, 2.75) is 6.42 Å². The van der Waals surface area contributed by atoms with Crippen LogP contribution >= 0.6 is 11.6 Å². The molecule has 0 spiro atoms. The Morgan fingerprint density at radius 1 is 1.05 bits per heavy atom. The number of carbonyl (C=O) groups is 2. The first-order chi connectivity index (χ1) is 10.6. The van der Waals surface area contributed by atoms with Gasteiger partial charge in [-0.25, -0.2) is 4.79 Å². The molecule has 2 aromatic carbocycles. The van der Waals surface area contributed by atoms with Gasteiger partial charge in [0.05, 0.1) is 11.3 Å². The molecule has 22 heavy (non-hydrogen) atoms. The first kappa shape index (κ1) is 15.9. The standard InChI is InChI=1S/C16H16ClN3O2/c17-12-7-5-11(6-8-12)9-10-19-16(22)20-14-4-2-1-3-13(14)15(18)21/h1-8H,9-10H2,(H2,18,21)(H2,19,20,22). The second-order valence-electron chi connectivity index (χ2n) is 4.67. The first-order valence-electron chi connectivity index (χ1n) is 6.74. The van der Waals surface area contributed by atoms with Gasteiger partial charge in [-0.1, -0.05) is 35.9 Å². The highest BCUT2D eigenvalue weighted by molar-refractivity contribution is 6.30. The molecule has 0 aliphatic rings. The van der Waals surface area contributed by atoms with Crippen molar-refractivity contribution in [3.63, 3.8) is 0 Å². The topological polar surface area (TPSA) is 84.2 Å². The van der Waals surface area contributed by atoms with E-state index in [2.05, 4.69) is 10.6 Å². The molecule has 2 aromatic rings. The van der Waals surface area contributed by atoms with Crippen LogP contribution in [0.5, 0.6) is 0 Å². The molecule has 0 unspecified atom stereocenters. The Morgan fingerprint density at radius 3 is 2.41 bits per heavy atom. The zero-order valence-electron chi connectivity index (χ0n) is 11.8. The number of primary amides is 1. The quantitative estimate of drug-likeness (QED) is 0.792. The molecule has 0 heterocycles. The Labute approximate surface area is 133 Å². The number of benzene rings is 2. The third-order valence-electron chi connectivity index (χ3n) is 3.05. The van der Waals surface area contributed by atoms with Crippen LogP contribution in [-0.4, -0.2) is 18.5 Å². The number of nitrogens with two attached hydrogens (primary N) is 1. The van der Waals surface area contributed by atoms with E-state index in [1.807, 2.05) is 12.1 Å². The van der Waals surface area contributed by atoms with Crippen LogP contribution in [0.2, 0.25) is 5.02 Å². The lowest BCUT2D eigenvalue weighted by atomic mass is 10.1. The molecule has 2 rings (SSSR count). The van der Waals surface area contributed by atoms with Gasteiger partial charge >= 0.3 is 6.03 Å². The number of para-hydroxylation sites is 1. The number of halogens is 1. The van der Waals surface area contributed by atoms with E-state index in [4.69, 9.17) is 17.3 Å². The van der Waals surface area contributed by atoms with Crippen molar-refractivity contribution >= 4 is 29.2 Å². The van der Waals surface area contributed by atoms with Crippen LogP contribution in [0.15, 0.2) is 48.5 Å². The number of hydrogen-bond acceptors (Lipinski definition) is 2. The highest BCUT2D eigenvalue weighted by atomic mass is 35.5. The monoisotopic (exact) mass is 317 g/mol. The summed E-state index contributed by atoms with van der Waals surface area (Å²) in [5, 5.41) is 6.02. The van der Waals surface area contributed by atoms with Crippen LogP contribution in [0.4, 0.5) is 10.5 Å². The predicted molar refractivity (Wildman–Crippen MR) is 87.1 cm³/mol. The third kappa shape index (κ3) is 4.49. The van der Waals surface area contributed by atoms with Crippen molar-refractivity contribution in [2.75, 3.05) is 11.9 Å².